The van der Waals surface area contributed by atoms with Gasteiger partial charge in [0.2, 0.25) is 5.91 Å². The molecule has 0 aromatic carbocycles. The van der Waals surface area contributed by atoms with E-state index in [4.69, 9.17) is 11.5 Å². The van der Waals surface area contributed by atoms with E-state index in [1.807, 2.05) is 0 Å². The number of aliphatic hydroxyl groups excluding tert-OH is 1. The highest BCUT2D eigenvalue weighted by atomic mass is 16.3. The van der Waals surface area contributed by atoms with E-state index in [1.54, 1.807) is 13.8 Å². The highest BCUT2D eigenvalue weighted by Gasteiger charge is 2.32. The first-order valence-corrected chi connectivity index (χ1v) is 11.6. The van der Waals surface area contributed by atoms with E-state index in [9.17, 15) is 19.5 Å². The third-order valence-corrected chi connectivity index (χ3v) is 5.67. The molecule has 176 valence electrons. The molecule has 1 unspecified atom stereocenters. The molecule has 0 rings (SSSR count). The van der Waals surface area contributed by atoms with E-state index in [1.165, 1.54) is 26.2 Å². The number of hydrogen-bond acceptors (Lipinski definition) is 6. The van der Waals surface area contributed by atoms with Crippen LogP contribution in [0.4, 0.5) is 0 Å². The molecular formula is C23H45N3O4. The molecule has 0 saturated heterocycles. The van der Waals surface area contributed by atoms with Crippen molar-refractivity contribution in [2.75, 3.05) is 13.1 Å². The number of nitrogens with two attached hydrogens (primary N) is 2. The fraction of sp³-hybridized carbons (Fsp3) is 0.870. The lowest BCUT2D eigenvalue weighted by Crippen LogP contribution is -2.48. The van der Waals surface area contributed by atoms with Gasteiger partial charge in [-0.1, -0.05) is 59.3 Å². The fourth-order valence-electron chi connectivity index (χ4n) is 3.58. The zero-order valence-corrected chi connectivity index (χ0v) is 19.5. The average Bonchev–Trinajstić information content (AvgIpc) is 2.69. The van der Waals surface area contributed by atoms with E-state index >= 15 is 0 Å². The Morgan fingerprint density at radius 3 is 2.03 bits per heavy atom. The Kier molecular flexibility index (Phi) is 15.7. The first kappa shape index (κ1) is 28.7. The predicted octanol–water partition coefficient (Wildman–Crippen LogP) is 2.33. The largest absolute Gasteiger partial charge is 0.393 e. The van der Waals surface area contributed by atoms with Gasteiger partial charge in [-0.05, 0) is 26.3 Å². The summed E-state index contributed by atoms with van der Waals surface area (Å²) in [5.74, 6) is -2.14. The van der Waals surface area contributed by atoms with Crippen LogP contribution in [0.25, 0.3) is 0 Å². The summed E-state index contributed by atoms with van der Waals surface area (Å²) in [6.45, 7) is 7.70. The summed E-state index contributed by atoms with van der Waals surface area (Å²) < 4.78 is 0. The summed E-state index contributed by atoms with van der Waals surface area (Å²) >= 11 is 0. The van der Waals surface area contributed by atoms with Gasteiger partial charge in [-0.3, -0.25) is 14.4 Å². The van der Waals surface area contributed by atoms with E-state index in [0.29, 0.717) is 12.8 Å². The molecule has 0 bridgehead atoms. The minimum atomic E-state index is -1.01. The minimum Gasteiger partial charge on any atom is -0.393 e. The van der Waals surface area contributed by atoms with Crippen LogP contribution in [0, 0.1) is 17.8 Å². The molecule has 0 aromatic heterocycles. The molecule has 0 aromatic rings. The highest BCUT2D eigenvalue weighted by molar-refractivity contribution is 5.93. The Morgan fingerprint density at radius 1 is 0.933 bits per heavy atom. The summed E-state index contributed by atoms with van der Waals surface area (Å²) in [4.78, 5) is 37.8. The number of nitrogens with one attached hydrogen (secondary N) is 1. The molecule has 0 aliphatic rings. The van der Waals surface area contributed by atoms with Crippen molar-refractivity contribution in [3.05, 3.63) is 0 Å². The Morgan fingerprint density at radius 2 is 1.53 bits per heavy atom. The van der Waals surface area contributed by atoms with Crippen LogP contribution in [0.5, 0.6) is 0 Å². The number of Topliss-reactive ketones (excluding diaryl/α,β-unsaturated/α-hetero) is 2. The Bertz CT molecular complexity index is 509. The number of hydrogen-bond donors (Lipinski definition) is 4. The monoisotopic (exact) mass is 427 g/mol. The molecule has 7 heteroatoms. The number of carbonyl (C=O) groups excluding carboxylic acids is 3. The van der Waals surface area contributed by atoms with Crippen LogP contribution in [0.3, 0.4) is 0 Å². The number of rotatable bonds is 18. The standard InChI is InChI=1S/C23H45N3O4/c1-5-6-7-8-9-10-11-18(15-25)21(28)14-19(17(4)27)23(30)26-20(12-13-24)22(29)16(2)3/h16-20,27H,5-15,24-25H2,1-4H3,(H,26,30)/t17-,18?,19-,20-/m0/s1. The minimum absolute atomic E-state index is 0.0770. The maximum atomic E-state index is 12.8. The second-order valence-electron chi connectivity index (χ2n) is 8.70. The molecule has 0 heterocycles. The van der Waals surface area contributed by atoms with Crippen LogP contribution in [0.15, 0.2) is 0 Å². The van der Waals surface area contributed by atoms with Crippen LogP contribution >= 0.6 is 0 Å². The Balaban J connectivity index is 4.87. The first-order chi connectivity index (χ1) is 14.2. The van der Waals surface area contributed by atoms with Crippen LogP contribution < -0.4 is 16.8 Å². The Labute approximate surface area is 182 Å². The number of aliphatic hydroxyl groups is 1. The van der Waals surface area contributed by atoms with Crippen molar-refractivity contribution < 1.29 is 19.5 Å². The van der Waals surface area contributed by atoms with Gasteiger partial charge in [-0.2, -0.15) is 0 Å². The average molecular weight is 428 g/mol. The molecule has 0 saturated carbocycles. The van der Waals surface area contributed by atoms with Crippen molar-refractivity contribution in [1.82, 2.24) is 5.32 Å². The van der Waals surface area contributed by atoms with E-state index in [2.05, 4.69) is 12.2 Å². The number of carbonyl (C=O) groups is 3. The van der Waals surface area contributed by atoms with Gasteiger partial charge >= 0.3 is 0 Å². The normalized spacial score (nSPS) is 15.5. The molecule has 0 fully saturated rings. The van der Waals surface area contributed by atoms with Crippen LogP contribution in [-0.2, 0) is 14.4 Å². The maximum absolute atomic E-state index is 12.8. The summed E-state index contributed by atoms with van der Waals surface area (Å²) in [5, 5.41) is 12.8. The molecule has 0 radical (unpaired) electrons. The van der Waals surface area contributed by atoms with Gasteiger partial charge in [0.25, 0.3) is 0 Å². The molecule has 6 N–H and O–H groups in total. The predicted molar refractivity (Wildman–Crippen MR) is 121 cm³/mol. The number of unbranched alkanes of at least 4 members (excludes halogenated alkanes) is 5. The molecule has 4 atom stereocenters. The van der Waals surface area contributed by atoms with Crippen molar-refractivity contribution in [3.8, 4) is 0 Å². The van der Waals surface area contributed by atoms with Crippen molar-refractivity contribution in [1.29, 1.82) is 0 Å². The molecule has 30 heavy (non-hydrogen) atoms. The molecule has 0 aliphatic heterocycles. The van der Waals surface area contributed by atoms with Crippen molar-refractivity contribution >= 4 is 17.5 Å². The molecule has 0 spiro atoms. The van der Waals surface area contributed by atoms with Crippen LogP contribution in [0.1, 0.15) is 85.5 Å². The van der Waals surface area contributed by atoms with Crippen LogP contribution in [-0.4, -0.2) is 47.8 Å². The van der Waals surface area contributed by atoms with Crippen molar-refractivity contribution in [2.45, 2.75) is 97.6 Å². The van der Waals surface area contributed by atoms with E-state index in [0.717, 1.165) is 19.3 Å². The molecule has 1 amide bonds. The number of ketones is 2. The summed E-state index contributed by atoms with van der Waals surface area (Å²) in [5.41, 5.74) is 11.4. The van der Waals surface area contributed by atoms with Crippen LogP contribution in [0.2, 0.25) is 0 Å². The summed E-state index contributed by atoms with van der Waals surface area (Å²) in [6, 6.07) is -0.702. The summed E-state index contributed by atoms with van der Waals surface area (Å²) in [6.07, 6.45) is 6.75. The van der Waals surface area contributed by atoms with E-state index in [-0.39, 0.29) is 42.9 Å². The lowest BCUT2D eigenvalue weighted by Gasteiger charge is -2.25. The maximum Gasteiger partial charge on any atom is 0.226 e. The van der Waals surface area contributed by atoms with Crippen molar-refractivity contribution in [2.24, 2.45) is 29.2 Å². The second kappa shape index (κ2) is 16.4. The summed E-state index contributed by atoms with van der Waals surface area (Å²) in [7, 11) is 0. The fourth-order valence-corrected chi connectivity index (χ4v) is 3.58. The van der Waals surface area contributed by atoms with Gasteiger partial charge in [0.05, 0.1) is 18.1 Å². The lowest BCUT2D eigenvalue weighted by molar-refractivity contribution is -0.137. The van der Waals surface area contributed by atoms with Gasteiger partial charge in [0.15, 0.2) is 5.78 Å². The third-order valence-electron chi connectivity index (χ3n) is 5.67. The van der Waals surface area contributed by atoms with Gasteiger partial charge in [-0.25, -0.2) is 0 Å². The van der Waals surface area contributed by atoms with Gasteiger partial charge in [0, 0.05) is 24.8 Å². The topological polar surface area (TPSA) is 136 Å². The second-order valence-corrected chi connectivity index (χ2v) is 8.70. The zero-order chi connectivity index (χ0) is 23.1. The molecule has 7 nitrogen and oxygen atoms in total. The number of amides is 1. The van der Waals surface area contributed by atoms with Gasteiger partial charge in [0.1, 0.15) is 5.78 Å². The Hall–Kier alpha value is -1.31. The van der Waals surface area contributed by atoms with Gasteiger partial charge in [-0.15, -0.1) is 0 Å². The third kappa shape index (κ3) is 11.2. The smallest absolute Gasteiger partial charge is 0.226 e. The highest BCUT2D eigenvalue weighted by Crippen LogP contribution is 2.19. The SMILES string of the molecule is CCCCCCCCC(CN)C(=O)C[C@H](C(=O)N[C@@H](CCN)C(=O)C(C)C)[C@H](C)O. The van der Waals surface area contributed by atoms with Gasteiger partial charge < -0.3 is 21.9 Å². The molecular weight excluding hydrogens is 382 g/mol. The molecule has 0 aliphatic carbocycles. The first-order valence-electron chi connectivity index (χ1n) is 11.6. The lowest BCUT2D eigenvalue weighted by atomic mass is 9.87. The van der Waals surface area contributed by atoms with E-state index < -0.39 is 24.0 Å². The van der Waals surface area contributed by atoms with Crippen molar-refractivity contribution in [3.63, 3.8) is 0 Å². The zero-order valence-electron chi connectivity index (χ0n) is 19.5. The quantitative estimate of drug-likeness (QED) is 0.248.